The van der Waals surface area contributed by atoms with Crippen LogP contribution < -0.4 is 0 Å². The molecule has 0 spiro atoms. The van der Waals surface area contributed by atoms with E-state index in [1.807, 2.05) is 5.38 Å². The zero-order chi connectivity index (χ0) is 14.8. The Kier molecular flexibility index (Phi) is 4.54. The highest BCUT2D eigenvalue weighted by Gasteiger charge is 2.27. The van der Waals surface area contributed by atoms with Gasteiger partial charge in [-0.05, 0) is 24.6 Å². The lowest BCUT2D eigenvalue weighted by molar-refractivity contribution is -0.0432. The third-order valence-corrected chi connectivity index (χ3v) is 4.96. The molecule has 0 radical (unpaired) electrons. The third-order valence-electron chi connectivity index (χ3n) is 3.80. The summed E-state index contributed by atoms with van der Waals surface area (Å²) in [6.07, 6.45) is 1.81. The summed E-state index contributed by atoms with van der Waals surface area (Å²) in [4.78, 5) is 6.65. The first-order valence-electron chi connectivity index (χ1n) is 6.85. The van der Waals surface area contributed by atoms with Crippen molar-refractivity contribution >= 4 is 22.9 Å². The zero-order valence-corrected chi connectivity index (χ0v) is 13.2. The Morgan fingerprint density at radius 3 is 3.10 bits per heavy atom. The molecule has 21 heavy (non-hydrogen) atoms. The number of hydrogen-bond donors (Lipinski definition) is 0. The Bertz CT molecular complexity index is 608. The molecule has 1 aliphatic heterocycles. The number of nitrogens with zero attached hydrogens (tertiary/aromatic N) is 2. The first-order valence-corrected chi connectivity index (χ1v) is 8.11. The maximum Gasteiger partial charge on any atom is 0.141 e. The molecule has 1 saturated heterocycles. The van der Waals surface area contributed by atoms with E-state index in [0.29, 0.717) is 6.61 Å². The molecule has 2 heterocycles. The van der Waals surface area contributed by atoms with Crippen LogP contribution in [0.5, 0.6) is 0 Å². The van der Waals surface area contributed by atoms with Crippen molar-refractivity contribution in [2.45, 2.75) is 19.1 Å². The maximum atomic E-state index is 13.3. The molecule has 0 bridgehead atoms. The van der Waals surface area contributed by atoms with E-state index in [9.17, 15) is 4.39 Å². The van der Waals surface area contributed by atoms with Gasteiger partial charge < -0.3 is 4.74 Å². The van der Waals surface area contributed by atoms with Crippen LogP contribution in [0.15, 0.2) is 29.8 Å². The largest absolute Gasteiger partial charge is 0.368 e. The Labute approximate surface area is 132 Å². The Morgan fingerprint density at radius 2 is 2.38 bits per heavy atom. The summed E-state index contributed by atoms with van der Waals surface area (Å²) in [6.45, 7) is 4.40. The van der Waals surface area contributed by atoms with Crippen LogP contribution in [0.1, 0.15) is 29.6 Å². The Balaban J connectivity index is 1.74. The van der Waals surface area contributed by atoms with Crippen molar-refractivity contribution in [1.29, 1.82) is 0 Å². The van der Waals surface area contributed by atoms with Gasteiger partial charge in [0.2, 0.25) is 0 Å². The molecule has 1 aromatic carbocycles. The van der Waals surface area contributed by atoms with E-state index in [4.69, 9.17) is 16.3 Å². The van der Waals surface area contributed by atoms with Crippen molar-refractivity contribution in [3.05, 3.63) is 51.2 Å². The van der Waals surface area contributed by atoms with Crippen LogP contribution in [0.25, 0.3) is 0 Å². The quantitative estimate of drug-likeness (QED) is 0.850. The van der Waals surface area contributed by atoms with Gasteiger partial charge in [0, 0.05) is 30.7 Å². The summed E-state index contributed by atoms with van der Waals surface area (Å²) in [6, 6.07) is 5.08. The molecule has 0 aliphatic carbocycles. The van der Waals surface area contributed by atoms with Crippen molar-refractivity contribution in [3.8, 4) is 0 Å². The molecule has 3 rings (SSSR count). The van der Waals surface area contributed by atoms with Gasteiger partial charge in [-0.1, -0.05) is 17.7 Å². The highest BCUT2D eigenvalue weighted by atomic mass is 35.5. The molecule has 3 nitrogen and oxygen atoms in total. The average molecular weight is 327 g/mol. The second-order valence-electron chi connectivity index (χ2n) is 5.07. The van der Waals surface area contributed by atoms with Gasteiger partial charge in [0.1, 0.15) is 16.9 Å². The summed E-state index contributed by atoms with van der Waals surface area (Å²) < 4.78 is 19.1. The van der Waals surface area contributed by atoms with Gasteiger partial charge in [-0.25, -0.2) is 9.37 Å². The fraction of sp³-hybridized carbons (Fsp3) is 0.400. The number of ether oxygens (including phenoxy) is 1. The standard InChI is InChI=1S/C15H16ClFN2OS/c1-10(11-2-3-13(17)12(16)8-11)19-5-6-20-14(9-19)15-18-4-7-21-15/h2-4,7-8,10,14H,5-6,9H2,1H3. The van der Waals surface area contributed by atoms with E-state index in [0.717, 1.165) is 23.7 Å². The summed E-state index contributed by atoms with van der Waals surface area (Å²) in [5.74, 6) is -0.379. The minimum atomic E-state index is -0.379. The molecule has 1 aliphatic rings. The second-order valence-corrected chi connectivity index (χ2v) is 6.41. The topological polar surface area (TPSA) is 25.4 Å². The molecule has 6 heteroatoms. The van der Waals surface area contributed by atoms with Gasteiger partial charge in [-0.15, -0.1) is 11.3 Å². The van der Waals surface area contributed by atoms with Crippen molar-refractivity contribution in [2.24, 2.45) is 0 Å². The maximum absolute atomic E-state index is 13.3. The predicted octanol–water partition coefficient (Wildman–Crippen LogP) is 4.07. The fourth-order valence-electron chi connectivity index (χ4n) is 2.55. The van der Waals surface area contributed by atoms with E-state index in [2.05, 4.69) is 16.8 Å². The molecular weight excluding hydrogens is 311 g/mol. The molecule has 2 aromatic rings. The highest BCUT2D eigenvalue weighted by Crippen LogP contribution is 2.30. The van der Waals surface area contributed by atoms with Crippen molar-refractivity contribution in [3.63, 3.8) is 0 Å². The predicted molar refractivity (Wildman–Crippen MR) is 82.2 cm³/mol. The Morgan fingerprint density at radius 1 is 1.52 bits per heavy atom. The minimum Gasteiger partial charge on any atom is -0.368 e. The lowest BCUT2D eigenvalue weighted by Gasteiger charge is -2.36. The zero-order valence-electron chi connectivity index (χ0n) is 11.6. The molecule has 2 atom stereocenters. The number of thiazole rings is 1. The molecule has 0 N–H and O–H groups in total. The number of benzene rings is 1. The van der Waals surface area contributed by atoms with Gasteiger partial charge in [-0.3, -0.25) is 4.90 Å². The van der Waals surface area contributed by atoms with Crippen LogP contribution in [-0.4, -0.2) is 29.6 Å². The van der Waals surface area contributed by atoms with Crippen LogP contribution in [0.3, 0.4) is 0 Å². The number of halogens is 2. The lowest BCUT2D eigenvalue weighted by Crippen LogP contribution is -2.39. The van der Waals surface area contributed by atoms with Crippen LogP contribution >= 0.6 is 22.9 Å². The molecule has 0 saturated carbocycles. The lowest BCUT2D eigenvalue weighted by atomic mass is 10.1. The number of aromatic nitrogens is 1. The molecule has 1 fully saturated rings. The van der Waals surface area contributed by atoms with E-state index < -0.39 is 0 Å². The molecule has 1 aromatic heterocycles. The average Bonchev–Trinajstić information content (AvgIpc) is 3.04. The van der Waals surface area contributed by atoms with E-state index in [1.54, 1.807) is 29.7 Å². The number of hydrogen-bond acceptors (Lipinski definition) is 4. The summed E-state index contributed by atoms with van der Waals surface area (Å²) >= 11 is 7.49. The first kappa shape index (κ1) is 14.9. The minimum absolute atomic E-state index is 0.0112. The smallest absolute Gasteiger partial charge is 0.141 e. The van der Waals surface area contributed by atoms with Gasteiger partial charge in [0.05, 0.1) is 11.6 Å². The van der Waals surface area contributed by atoms with Crippen LogP contribution in [0.2, 0.25) is 5.02 Å². The van der Waals surface area contributed by atoms with Crippen molar-refractivity contribution in [1.82, 2.24) is 9.88 Å². The van der Waals surface area contributed by atoms with Crippen molar-refractivity contribution in [2.75, 3.05) is 19.7 Å². The molecular formula is C15H16ClFN2OS. The highest BCUT2D eigenvalue weighted by molar-refractivity contribution is 7.09. The second kappa shape index (κ2) is 6.40. The summed E-state index contributed by atoms with van der Waals surface area (Å²) in [5.41, 5.74) is 1.01. The Hall–Kier alpha value is -1.01. The normalized spacial score (nSPS) is 21.4. The fourth-order valence-corrected chi connectivity index (χ4v) is 3.41. The molecule has 0 amide bonds. The molecule has 112 valence electrons. The van der Waals surface area contributed by atoms with E-state index in [1.165, 1.54) is 6.07 Å². The number of morpholine rings is 1. The van der Waals surface area contributed by atoms with E-state index >= 15 is 0 Å². The van der Waals surface area contributed by atoms with Crippen molar-refractivity contribution < 1.29 is 9.13 Å². The van der Waals surface area contributed by atoms with Gasteiger partial charge >= 0.3 is 0 Å². The van der Waals surface area contributed by atoms with Gasteiger partial charge in [0.15, 0.2) is 0 Å². The molecule has 2 unspecified atom stereocenters. The summed E-state index contributed by atoms with van der Waals surface area (Å²) in [5, 5.41) is 3.13. The SMILES string of the molecule is CC(c1ccc(F)c(Cl)c1)N1CCOC(c2nccs2)C1. The number of rotatable bonds is 3. The van der Waals surface area contributed by atoms with E-state index in [-0.39, 0.29) is 23.0 Å². The van der Waals surface area contributed by atoms with Crippen LogP contribution in [0, 0.1) is 5.82 Å². The van der Waals surface area contributed by atoms with Crippen LogP contribution in [-0.2, 0) is 4.74 Å². The van der Waals surface area contributed by atoms with Crippen LogP contribution in [0.4, 0.5) is 4.39 Å². The summed E-state index contributed by atoms with van der Waals surface area (Å²) in [7, 11) is 0. The first-order chi connectivity index (χ1) is 10.1. The third kappa shape index (κ3) is 3.26. The van der Waals surface area contributed by atoms with Gasteiger partial charge in [-0.2, -0.15) is 0 Å². The van der Waals surface area contributed by atoms with Gasteiger partial charge in [0.25, 0.3) is 0 Å². The monoisotopic (exact) mass is 326 g/mol.